The molecule has 78 valence electrons. The molecule has 1 rings (SSSR count). The average molecular weight is 215 g/mol. The van der Waals surface area contributed by atoms with Gasteiger partial charge in [0.15, 0.2) is 0 Å². The van der Waals surface area contributed by atoms with E-state index in [1.165, 1.54) is 0 Å². The van der Waals surface area contributed by atoms with Gasteiger partial charge in [0, 0.05) is 12.2 Å². The molecule has 2 N–H and O–H groups in total. The average Bonchev–Trinajstić information content (AvgIpc) is 2.13. The molecule has 0 aliphatic carbocycles. The van der Waals surface area contributed by atoms with E-state index in [0.29, 0.717) is 13.0 Å². The molecule has 0 fully saturated rings. The van der Waals surface area contributed by atoms with Crippen molar-refractivity contribution in [2.24, 2.45) is 0 Å². The second kappa shape index (κ2) is 5.09. The molecular formula is C9H13NO3S. The van der Waals surface area contributed by atoms with Gasteiger partial charge in [-0.1, -0.05) is 18.2 Å². The molecule has 5 heteroatoms. The largest absolute Gasteiger partial charge is 0.748 e. The summed E-state index contributed by atoms with van der Waals surface area (Å²) in [4.78, 5) is 0. The van der Waals surface area contributed by atoms with E-state index in [2.05, 4.69) is 0 Å². The Morgan fingerprint density at radius 1 is 1.21 bits per heavy atom. The van der Waals surface area contributed by atoms with Gasteiger partial charge in [-0.2, -0.15) is 0 Å². The fourth-order valence-corrected chi connectivity index (χ4v) is 1.64. The Kier molecular flexibility index (Phi) is 4.06. The Morgan fingerprint density at radius 3 is 2.43 bits per heavy atom. The zero-order valence-electron chi connectivity index (χ0n) is 7.72. The highest BCUT2D eigenvalue weighted by molar-refractivity contribution is 7.85. The zero-order chi connectivity index (χ0) is 10.4. The maximum absolute atomic E-state index is 10.3. The van der Waals surface area contributed by atoms with Gasteiger partial charge in [-0.3, -0.25) is 0 Å². The Bertz CT molecular complexity index is 361. The summed E-state index contributed by atoms with van der Waals surface area (Å²) in [7, 11) is -4.05. The van der Waals surface area contributed by atoms with Gasteiger partial charge in [-0.15, -0.1) is 0 Å². The Hall–Kier alpha value is -0.910. The monoisotopic (exact) mass is 215 g/mol. The van der Waals surface area contributed by atoms with Gasteiger partial charge in [0.25, 0.3) is 0 Å². The van der Waals surface area contributed by atoms with Crippen LogP contribution in [0.3, 0.4) is 0 Å². The molecule has 0 radical (unpaired) electrons. The van der Waals surface area contributed by atoms with Crippen molar-refractivity contribution in [2.45, 2.75) is 6.42 Å². The van der Waals surface area contributed by atoms with E-state index >= 15 is 0 Å². The first-order chi connectivity index (χ1) is 6.58. The van der Waals surface area contributed by atoms with Crippen LogP contribution in [-0.2, 0) is 10.1 Å². The second-order valence-electron chi connectivity index (χ2n) is 3.02. The van der Waals surface area contributed by atoms with Gasteiger partial charge in [0.1, 0.15) is 5.69 Å². The van der Waals surface area contributed by atoms with E-state index in [1.54, 1.807) is 0 Å². The third-order valence-corrected chi connectivity index (χ3v) is 2.57. The Balaban J connectivity index is 2.23. The quantitative estimate of drug-likeness (QED) is 0.420. The fourth-order valence-electron chi connectivity index (χ4n) is 1.12. The Morgan fingerprint density at radius 2 is 1.86 bits per heavy atom. The van der Waals surface area contributed by atoms with Crippen LogP contribution in [0.4, 0.5) is 5.69 Å². The van der Waals surface area contributed by atoms with E-state index in [-0.39, 0.29) is 5.75 Å². The molecule has 1 aromatic rings. The Labute approximate surface area is 83.7 Å². The van der Waals surface area contributed by atoms with Crippen LogP contribution in [0, 0.1) is 0 Å². The number of benzene rings is 1. The molecule has 1 aromatic carbocycles. The lowest BCUT2D eigenvalue weighted by Gasteiger charge is -2.05. The minimum Gasteiger partial charge on any atom is -0.748 e. The first-order valence-corrected chi connectivity index (χ1v) is 5.97. The van der Waals surface area contributed by atoms with Crippen LogP contribution in [0.1, 0.15) is 6.42 Å². The minimum atomic E-state index is -4.05. The predicted octanol–water partition coefficient (Wildman–Crippen LogP) is -0.183. The summed E-state index contributed by atoms with van der Waals surface area (Å²) >= 11 is 0. The number of nitrogens with two attached hydrogens (primary N) is 1. The number of hydrogen-bond acceptors (Lipinski definition) is 3. The standard InChI is InChI=1S/C9H13NO3S/c11-14(12,13)8-4-7-10-9-5-2-1-3-6-9/h1-3,5-6,10H,4,7-8H2,(H,11,12,13). The van der Waals surface area contributed by atoms with Crippen LogP contribution >= 0.6 is 0 Å². The lowest BCUT2D eigenvalue weighted by molar-refractivity contribution is -0.571. The number of rotatable bonds is 5. The summed E-state index contributed by atoms with van der Waals surface area (Å²) in [5.41, 5.74) is 1.05. The smallest absolute Gasteiger partial charge is 0.129 e. The molecule has 0 aliphatic rings. The van der Waals surface area contributed by atoms with Crippen LogP contribution in [0.2, 0.25) is 0 Å². The molecular weight excluding hydrogens is 202 g/mol. The van der Waals surface area contributed by atoms with Crippen molar-refractivity contribution in [3.63, 3.8) is 0 Å². The van der Waals surface area contributed by atoms with Gasteiger partial charge >= 0.3 is 0 Å². The van der Waals surface area contributed by atoms with E-state index in [1.807, 2.05) is 35.6 Å². The SMILES string of the molecule is O=S(=O)([O-])CCC[NH2+]c1ccccc1. The molecule has 0 atom stereocenters. The van der Waals surface area contributed by atoms with Crippen LogP contribution in [0.5, 0.6) is 0 Å². The van der Waals surface area contributed by atoms with Crippen LogP contribution < -0.4 is 5.32 Å². The topological polar surface area (TPSA) is 73.8 Å². The summed E-state index contributed by atoms with van der Waals surface area (Å²) in [6.07, 6.45) is 0.390. The first kappa shape index (κ1) is 11.2. The summed E-state index contributed by atoms with van der Waals surface area (Å²) in [6.45, 7) is 0.617. The van der Waals surface area contributed by atoms with Gasteiger partial charge in [-0.05, 0) is 12.1 Å². The van der Waals surface area contributed by atoms with E-state index in [9.17, 15) is 13.0 Å². The molecule has 0 heterocycles. The lowest BCUT2D eigenvalue weighted by Crippen LogP contribution is -2.78. The van der Waals surface area contributed by atoms with Crippen molar-refractivity contribution in [1.29, 1.82) is 0 Å². The third-order valence-electron chi connectivity index (χ3n) is 1.78. The van der Waals surface area contributed by atoms with E-state index < -0.39 is 10.1 Å². The summed E-state index contributed by atoms with van der Waals surface area (Å²) in [5.74, 6) is -0.281. The predicted molar refractivity (Wildman–Crippen MR) is 52.1 cm³/mol. The van der Waals surface area contributed by atoms with Crippen LogP contribution in [-0.4, -0.2) is 25.3 Å². The molecule has 0 amide bonds. The highest BCUT2D eigenvalue weighted by Crippen LogP contribution is 1.96. The molecule has 0 unspecified atom stereocenters. The maximum atomic E-state index is 10.3. The highest BCUT2D eigenvalue weighted by atomic mass is 32.2. The normalized spacial score (nSPS) is 11.5. The van der Waals surface area contributed by atoms with Crippen molar-refractivity contribution in [3.8, 4) is 0 Å². The van der Waals surface area contributed by atoms with Crippen molar-refractivity contribution >= 4 is 15.8 Å². The molecule has 0 saturated heterocycles. The van der Waals surface area contributed by atoms with Crippen molar-refractivity contribution < 1.29 is 18.3 Å². The molecule has 14 heavy (non-hydrogen) atoms. The van der Waals surface area contributed by atoms with E-state index in [4.69, 9.17) is 0 Å². The van der Waals surface area contributed by atoms with Crippen LogP contribution in [0.15, 0.2) is 30.3 Å². The molecule has 4 nitrogen and oxygen atoms in total. The number of para-hydroxylation sites is 1. The minimum absolute atomic E-state index is 0.281. The van der Waals surface area contributed by atoms with Gasteiger partial charge in [0.05, 0.1) is 16.7 Å². The van der Waals surface area contributed by atoms with Crippen molar-refractivity contribution in [3.05, 3.63) is 30.3 Å². The maximum Gasteiger partial charge on any atom is 0.129 e. The summed E-state index contributed by atoms with van der Waals surface area (Å²) in [6, 6.07) is 9.61. The van der Waals surface area contributed by atoms with Crippen molar-refractivity contribution in [1.82, 2.24) is 0 Å². The third kappa shape index (κ3) is 4.96. The molecule has 0 spiro atoms. The van der Waals surface area contributed by atoms with Crippen LogP contribution in [0.25, 0.3) is 0 Å². The second-order valence-corrected chi connectivity index (χ2v) is 4.54. The molecule has 0 bridgehead atoms. The van der Waals surface area contributed by atoms with Gasteiger partial charge < -0.3 is 9.87 Å². The van der Waals surface area contributed by atoms with Gasteiger partial charge in [-0.25, -0.2) is 8.42 Å². The fraction of sp³-hybridized carbons (Fsp3) is 0.333. The number of hydrogen-bond donors (Lipinski definition) is 1. The molecule has 0 saturated carbocycles. The summed E-state index contributed by atoms with van der Waals surface area (Å²) in [5, 5.41) is 1.92. The zero-order valence-corrected chi connectivity index (χ0v) is 8.53. The first-order valence-electron chi connectivity index (χ1n) is 4.40. The van der Waals surface area contributed by atoms with E-state index in [0.717, 1.165) is 5.69 Å². The molecule has 0 aromatic heterocycles. The number of quaternary nitrogens is 1. The highest BCUT2D eigenvalue weighted by Gasteiger charge is 1.98. The summed E-state index contributed by atoms with van der Waals surface area (Å²) < 4.78 is 30.8. The van der Waals surface area contributed by atoms with Gasteiger partial charge in [0.2, 0.25) is 0 Å². The molecule has 0 aliphatic heterocycles. The lowest BCUT2D eigenvalue weighted by atomic mass is 10.3. The van der Waals surface area contributed by atoms with Crippen molar-refractivity contribution in [2.75, 3.05) is 12.3 Å².